The fraction of sp³-hybridized carbons (Fsp3) is 1.00. The van der Waals surface area contributed by atoms with Gasteiger partial charge in [0.25, 0.3) is 0 Å². The Hall–Kier alpha value is -0.0800. The van der Waals surface area contributed by atoms with Crippen molar-refractivity contribution in [3.8, 4) is 0 Å². The van der Waals surface area contributed by atoms with E-state index >= 15 is 0 Å². The maximum Gasteiger partial charge on any atom is 0.0870 e. The molecule has 12 heavy (non-hydrogen) atoms. The quantitative estimate of drug-likeness (QED) is 0.364. The third-order valence-electron chi connectivity index (χ3n) is 2.16. The summed E-state index contributed by atoms with van der Waals surface area (Å²) >= 11 is 0. The van der Waals surface area contributed by atoms with Gasteiger partial charge in [0.05, 0.1) is 6.61 Å². The molecule has 0 radical (unpaired) electrons. The van der Waals surface area contributed by atoms with Gasteiger partial charge in [-0.05, 0) is 11.8 Å². The van der Waals surface area contributed by atoms with E-state index in [1.54, 1.807) is 0 Å². The monoisotopic (exact) mass is 174 g/mol. The molecule has 0 aromatic heterocycles. The Morgan fingerprint density at radius 3 is 2.33 bits per heavy atom. The first-order valence-corrected chi connectivity index (χ1v) is 4.89. The molecule has 0 aliphatic carbocycles. The molecule has 2 heteroatoms. The summed E-state index contributed by atoms with van der Waals surface area (Å²) in [6.45, 7) is 6.89. The summed E-state index contributed by atoms with van der Waals surface area (Å²) in [4.78, 5) is 4.16. The molecule has 0 heterocycles. The summed E-state index contributed by atoms with van der Waals surface area (Å²) in [6, 6.07) is 0. The number of rotatable bonds is 7. The zero-order valence-electron chi connectivity index (χ0n) is 8.60. The molecule has 0 aliphatic heterocycles. The van der Waals surface area contributed by atoms with Crippen LogP contribution in [0, 0.1) is 5.41 Å². The van der Waals surface area contributed by atoms with Crippen LogP contribution < -0.4 is 0 Å². The van der Waals surface area contributed by atoms with E-state index in [2.05, 4.69) is 25.7 Å². The average molecular weight is 174 g/mol. The van der Waals surface area contributed by atoms with Crippen LogP contribution in [0.1, 0.15) is 52.9 Å². The van der Waals surface area contributed by atoms with E-state index in [9.17, 15) is 0 Å². The Labute approximate surface area is 75.9 Å². The molecule has 0 rings (SSSR count). The van der Waals surface area contributed by atoms with Crippen molar-refractivity contribution in [2.24, 2.45) is 5.41 Å². The lowest BCUT2D eigenvalue weighted by Gasteiger charge is -2.21. The third kappa shape index (κ3) is 6.62. The Kier molecular flexibility index (Phi) is 6.39. The van der Waals surface area contributed by atoms with Crippen molar-refractivity contribution >= 4 is 0 Å². The molecule has 0 spiro atoms. The molecule has 0 saturated carbocycles. The summed E-state index contributed by atoms with van der Waals surface area (Å²) in [5.41, 5.74) is 0.127. The van der Waals surface area contributed by atoms with Crippen LogP contribution in [0.4, 0.5) is 0 Å². The van der Waals surface area contributed by atoms with Gasteiger partial charge >= 0.3 is 0 Å². The predicted octanol–water partition coefficient (Wildman–Crippen LogP) is 3.47. The van der Waals surface area contributed by atoms with E-state index in [0.717, 1.165) is 6.42 Å². The van der Waals surface area contributed by atoms with Gasteiger partial charge in [-0.3, -0.25) is 5.26 Å². The second kappa shape index (κ2) is 6.44. The Bertz CT molecular complexity index is 100. The van der Waals surface area contributed by atoms with Crippen LogP contribution in [0.5, 0.6) is 0 Å². The average Bonchev–Trinajstić information content (AvgIpc) is 1.98. The van der Waals surface area contributed by atoms with Crippen LogP contribution in [-0.2, 0) is 4.89 Å². The molecule has 0 aromatic carbocycles. The van der Waals surface area contributed by atoms with Crippen molar-refractivity contribution in [2.75, 3.05) is 6.61 Å². The first-order chi connectivity index (χ1) is 5.62. The number of unbranched alkanes of at least 4 members (excludes halogenated alkanes) is 3. The van der Waals surface area contributed by atoms with Crippen LogP contribution in [0.25, 0.3) is 0 Å². The standard InChI is InChI=1S/C10H22O2/c1-4-5-6-7-8-10(2,3)9-12-11/h11H,4-9H2,1-3H3. The summed E-state index contributed by atoms with van der Waals surface area (Å²) in [7, 11) is 0. The van der Waals surface area contributed by atoms with E-state index in [1.165, 1.54) is 25.7 Å². The third-order valence-corrected chi connectivity index (χ3v) is 2.16. The van der Waals surface area contributed by atoms with Gasteiger partial charge in [-0.25, -0.2) is 4.89 Å². The van der Waals surface area contributed by atoms with Gasteiger partial charge in [0.15, 0.2) is 0 Å². The van der Waals surface area contributed by atoms with E-state index in [1.807, 2.05) is 0 Å². The van der Waals surface area contributed by atoms with Gasteiger partial charge in [0, 0.05) is 0 Å². The van der Waals surface area contributed by atoms with Crippen LogP contribution in [-0.4, -0.2) is 11.9 Å². The molecule has 0 aliphatic rings. The van der Waals surface area contributed by atoms with Crippen molar-refractivity contribution < 1.29 is 10.1 Å². The van der Waals surface area contributed by atoms with E-state index in [0.29, 0.717) is 6.61 Å². The van der Waals surface area contributed by atoms with Gasteiger partial charge < -0.3 is 0 Å². The Morgan fingerprint density at radius 1 is 1.17 bits per heavy atom. The van der Waals surface area contributed by atoms with Gasteiger partial charge in [-0.15, -0.1) is 0 Å². The van der Waals surface area contributed by atoms with Crippen LogP contribution in [0.3, 0.4) is 0 Å². The molecular formula is C10H22O2. The maximum absolute atomic E-state index is 8.30. The highest BCUT2D eigenvalue weighted by Gasteiger charge is 2.17. The topological polar surface area (TPSA) is 29.5 Å². The van der Waals surface area contributed by atoms with Crippen molar-refractivity contribution in [3.63, 3.8) is 0 Å². The summed E-state index contributed by atoms with van der Waals surface area (Å²) in [5, 5.41) is 8.30. The Morgan fingerprint density at radius 2 is 1.83 bits per heavy atom. The maximum atomic E-state index is 8.30. The van der Waals surface area contributed by atoms with Gasteiger partial charge in [-0.2, -0.15) is 0 Å². The van der Waals surface area contributed by atoms with Crippen molar-refractivity contribution in [1.82, 2.24) is 0 Å². The number of hydrogen-bond donors (Lipinski definition) is 1. The molecule has 74 valence electrons. The minimum atomic E-state index is 0.127. The molecule has 0 saturated heterocycles. The highest BCUT2D eigenvalue weighted by Crippen LogP contribution is 2.23. The van der Waals surface area contributed by atoms with Crippen molar-refractivity contribution in [2.45, 2.75) is 52.9 Å². The fourth-order valence-corrected chi connectivity index (χ4v) is 1.28. The molecule has 2 nitrogen and oxygen atoms in total. The normalized spacial score (nSPS) is 12.0. The first kappa shape index (κ1) is 11.9. The summed E-state index contributed by atoms with van der Waals surface area (Å²) in [6.07, 6.45) is 6.26. The largest absolute Gasteiger partial charge is 0.252 e. The van der Waals surface area contributed by atoms with E-state index in [-0.39, 0.29) is 5.41 Å². The second-order valence-corrected chi connectivity index (χ2v) is 4.25. The second-order valence-electron chi connectivity index (χ2n) is 4.25. The van der Waals surface area contributed by atoms with Gasteiger partial charge in [0.2, 0.25) is 0 Å². The lowest BCUT2D eigenvalue weighted by molar-refractivity contribution is -0.260. The number of hydrogen-bond acceptors (Lipinski definition) is 2. The highest BCUT2D eigenvalue weighted by molar-refractivity contribution is 4.66. The summed E-state index contributed by atoms with van der Waals surface area (Å²) in [5.74, 6) is 0. The lowest BCUT2D eigenvalue weighted by atomic mass is 9.88. The smallest absolute Gasteiger partial charge is 0.0870 e. The fourth-order valence-electron chi connectivity index (χ4n) is 1.28. The molecule has 0 fully saturated rings. The summed E-state index contributed by atoms with van der Waals surface area (Å²) < 4.78 is 0. The van der Waals surface area contributed by atoms with Crippen LogP contribution >= 0.6 is 0 Å². The minimum absolute atomic E-state index is 0.127. The molecule has 0 aromatic rings. The van der Waals surface area contributed by atoms with Crippen molar-refractivity contribution in [1.29, 1.82) is 0 Å². The molecule has 0 atom stereocenters. The highest BCUT2D eigenvalue weighted by atomic mass is 17.1. The van der Waals surface area contributed by atoms with Gasteiger partial charge in [0.1, 0.15) is 0 Å². The van der Waals surface area contributed by atoms with Crippen LogP contribution in [0.15, 0.2) is 0 Å². The van der Waals surface area contributed by atoms with Gasteiger partial charge in [-0.1, -0.05) is 46.5 Å². The molecule has 0 bridgehead atoms. The first-order valence-electron chi connectivity index (χ1n) is 4.89. The predicted molar refractivity (Wildman–Crippen MR) is 51.1 cm³/mol. The zero-order chi connectivity index (χ0) is 9.45. The molecular weight excluding hydrogens is 152 g/mol. The van der Waals surface area contributed by atoms with Crippen LogP contribution in [0.2, 0.25) is 0 Å². The molecule has 0 unspecified atom stereocenters. The molecule has 0 amide bonds. The zero-order valence-corrected chi connectivity index (χ0v) is 8.60. The van der Waals surface area contributed by atoms with E-state index < -0.39 is 0 Å². The minimum Gasteiger partial charge on any atom is -0.252 e. The molecule has 1 N–H and O–H groups in total. The van der Waals surface area contributed by atoms with Crippen molar-refractivity contribution in [3.05, 3.63) is 0 Å². The Balaban J connectivity index is 3.33. The SMILES string of the molecule is CCCCCCC(C)(C)COO. The van der Waals surface area contributed by atoms with E-state index in [4.69, 9.17) is 5.26 Å². The lowest BCUT2D eigenvalue weighted by Crippen LogP contribution is -2.18.